The molecule has 1 heterocycles. The number of halogens is 1. The fourth-order valence-corrected chi connectivity index (χ4v) is 2.62. The van der Waals surface area contributed by atoms with E-state index in [0.29, 0.717) is 29.7 Å². The Balaban J connectivity index is 0.00000264. The molecule has 2 aromatic rings. The van der Waals surface area contributed by atoms with Crippen molar-refractivity contribution in [2.75, 3.05) is 19.5 Å². The maximum absolute atomic E-state index is 7.93. The lowest BCUT2D eigenvalue weighted by Crippen LogP contribution is -2.29. The number of hydrogen-bond acceptors (Lipinski definition) is 6. The predicted octanol–water partition coefficient (Wildman–Crippen LogP) is 2.18. The van der Waals surface area contributed by atoms with Gasteiger partial charge in [-0.25, -0.2) is 4.98 Å². The lowest BCUT2D eigenvalue weighted by molar-refractivity contribution is 0.384. The highest BCUT2D eigenvalue weighted by molar-refractivity contribution is 7.13. The quantitative estimate of drug-likeness (QED) is 0.466. The molecule has 0 aliphatic rings. The average molecular weight is 358 g/mol. The molecule has 2 rings (SSSR count). The highest BCUT2D eigenvalue weighted by atomic mass is 35.5. The van der Waals surface area contributed by atoms with Gasteiger partial charge in [0.15, 0.2) is 11.1 Å². The molecule has 0 fully saturated rings. The molecule has 23 heavy (non-hydrogen) atoms. The molecule has 0 unspecified atom stereocenters. The van der Waals surface area contributed by atoms with Gasteiger partial charge in [-0.3, -0.25) is 5.41 Å². The number of hydrogen-bond donors (Lipinski definition) is 4. The van der Waals surface area contributed by atoms with Crippen LogP contribution in [0.15, 0.2) is 23.6 Å². The van der Waals surface area contributed by atoms with Crippen LogP contribution in [0, 0.1) is 5.41 Å². The van der Waals surface area contributed by atoms with Crippen LogP contribution in [-0.4, -0.2) is 25.2 Å². The Morgan fingerprint density at radius 2 is 1.96 bits per heavy atom. The van der Waals surface area contributed by atoms with Crippen LogP contribution in [-0.2, 0) is 13.1 Å². The van der Waals surface area contributed by atoms with Crippen LogP contribution in [0.2, 0.25) is 0 Å². The number of anilines is 1. The van der Waals surface area contributed by atoms with Crippen molar-refractivity contribution in [1.29, 1.82) is 5.41 Å². The third kappa shape index (κ3) is 4.98. The Morgan fingerprint density at radius 3 is 2.48 bits per heavy atom. The maximum Gasteiger partial charge on any atom is 0.195 e. The van der Waals surface area contributed by atoms with Crippen LogP contribution >= 0.6 is 23.7 Å². The summed E-state index contributed by atoms with van der Waals surface area (Å²) in [6.45, 7) is 0.783. The molecule has 0 aliphatic carbocycles. The number of ether oxygens (including phenoxy) is 2. The van der Waals surface area contributed by atoms with Gasteiger partial charge in [0.1, 0.15) is 11.5 Å². The Kier molecular flexibility index (Phi) is 7.60. The van der Waals surface area contributed by atoms with Crippen molar-refractivity contribution in [2.45, 2.75) is 13.1 Å². The Bertz CT molecular complexity index is 628. The molecular formula is C14H20ClN5O2S. The van der Waals surface area contributed by atoms with E-state index in [1.54, 1.807) is 14.2 Å². The van der Waals surface area contributed by atoms with Crippen LogP contribution in [0.25, 0.3) is 0 Å². The largest absolute Gasteiger partial charge is 0.496 e. The minimum Gasteiger partial charge on any atom is -0.496 e. The molecule has 0 bridgehead atoms. The summed E-state index contributed by atoms with van der Waals surface area (Å²) in [5, 5.41) is 16.3. The molecule has 0 atom stereocenters. The van der Waals surface area contributed by atoms with Gasteiger partial charge in [0, 0.05) is 11.9 Å². The monoisotopic (exact) mass is 357 g/mol. The van der Waals surface area contributed by atoms with Gasteiger partial charge in [0.25, 0.3) is 0 Å². The standard InChI is InChI=1S/C14H19N5O2S.ClH/c1-20-11-4-3-5-12(21-2)10(11)7-17-13(16)19-14-18-9(6-15)8-22-14;/h3-5,8H,6-7,15H2,1-2H3,(H3,16,17,18,19);1H. The first-order valence-corrected chi connectivity index (χ1v) is 7.49. The van der Waals surface area contributed by atoms with Gasteiger partial charge in [-0.15, -0.1) is 23.7 Å². The molecule has 1 aromatic carbocycles. The molecule has 7 nitrogen and oxygen atoms in total. The van der Waals surface area contributed by atoms with E-state index in [-0.39, 0.29) is 18.4 Å². The van der Waals surface area contributed by atoms with Crippen LogP contribution in [0.1, 0.15) is 11.3 Å². The number of nitrogens with two attached hydrogens (primary N) is 1. The van der Waals surface area contributed by atoms with E-state index in [4.69, 9.17) is 20.6 Å². The van der Waals surface area contributed by atoms with E-state index in [9.17, 15) is 0 Å². The molecule has 1 aromatic heterocycles. The molecule has 126 valence electrons. The van der Waals surface area contributed by atoms with Crippen molar-refractivity contribution < 1.29 is 9.47 Å². The summed E-state index contributed by atoms with van der Waals surface area (Å²) in [5.41, 5.74) is 7.16. The van der Waals surface area contributed by atoms with Gasteiger partial charge in [-0.1, -0.05) is 6.07 Å². The number of benzene rings is 1. The summed E-state index contributed by atoms with van der Waals surface area (Å²) in [4.78, 5) is 4.24. The number of nitrogens with one attached hydrogen (secondary N) is 3. The van der Waals surface area contributed by atoms with Crippen LogP contribution in [0.4, 0.5) is 5.13 Å². The lowest BCUT2D eigenvalue weighted by Gasteiger charge is -2.14. The number of aromatic nitrogens is 1. The first-order chi connectivity index (χ1) is 10.7. The molecule has 9 heteroatoms. The van der Waals surface area contributed by atoms with Crippen LogP contribution in [0.5, 0.6) is 11.5 Å². The second-order valence-corrected chi connectivity index (χ2v) is 5.20. The van der Waals surface area contributed by atoms with Crippen molar-refractivity contribution >= 4 is 34.8 Å². The minimum absolute atomic E-state index is 0. The average Bonchev–Trinajstić information content (AvgIpc) is 2.99. The maximum atomic E-state index is 7.93. The zero-order chi connectivity index (χ0) is 15.9. The van der Waals surface area contributed by atoms with Crippen molar-refractivity contribution in [1.82, 2.24) is 10.3 Å². The Hall–Kier alpha value is -2.03. The Labute approximate surface area is 145 Å². The summed E-state index contributed by atoms with van der Waals surface area (Å²) < 4.78 is 10.6. The van der Waals surface area contributed by atoms with Crippen molar-refractivity contribution in [3.05, 3.63) is 34.8 Å². The van der Waals surface area contributed by atoms with E-state index in [1.165, 1.54) is 11.3 Å². The van der Waals surface area contributed by atoms with E-state index in [2.05, 4.69) is 15.6 Å². The van der Waals surface area contributed by atoms with Gasteiger partial charge in [0.2, 0.25) is 0 Å². The third-order valence-corrected chi connectivity index (χ3v) is 3.77. The first-order valence-electron chi connectivity index (χ1n) is 6.61. The third-order valence-electron chi connectivity index (χ3n) is 2.96. The zero-order valence-corrected chi connectivity index (χ0v) is 14.5. The summed E-state index contributed by atoms with van der Waals surface area (Å²) in [5.74, 6) is 1.56. The fourth-order valence-electron chi connectivity index (χ4n) is 1.89. The molecule has 0 saturated heterocycles. The summed E-state index contributed by atoms with van der Waals surface area (Å²) in [6.07, 6.45) is 0. The highest BCUT2D eigenvalue weighted by Gasteiger charge is 2.10. The molecule has 0 saturated carbocycles. The summed E-state index contributed by atoms with van der Waals surface area (Å²) >= 11 is 1.41. The lowest BCUT2D eigenvalue weighted by atomic mass is 10.1. The van der Waals surface area contributed by atoms with Gasteiger partial charge in [0.05, 0.1) is 32.0 Å². The predicted molar refractivity (Wildman–Crippen MR) is 95.0 cm³/mol. The summed E-state index contributed by atoms with van der Waals surface area (Å²) in [6, 6.07) is 5.56. The fraction of sp³-hybridized carbons (Fsp3) is 0.286. The number of rotatable bonds is 6. The first kappa shape index (κ1) is 19.0. The van der Waals surface area contributed by atoms with Gasteiger partial charge < -0.3 is 25.8 Å². The second kappa shape index (κ2) is 9.19. The van der Waals surface area contributed by atoms with Crippen molar-refractivity contribution in [2.24, 2.45) is 5.73 Å². The van der Waals surface area contributed by atoms with E-state index >= 15 is 0 Å². The van der Waals surface area contributed by atoms with Gasteiger partial charge in [-0.05, 0) is 12.1 Å². The molecular weight excluding hydrogens is 338 g/mol. The minimum atomic E-state index is 0. The van der Waals surface area contributed by atoms with Gasteiger partial charge >= 0.3 is 0 Å². The number of nitrogens with zero attached hydrogens (tertiary/aromatic N) is 1. The topological polar surface area (TPSA) is 105 Å². The van der Waals surface area contributed by atoms with E-state index in [0.717, 1.165) is 11.3 Å². The SMILES string of the molecule is COc1cccc(OC)c1CNC(=N)Nc1nc(CN)cs1.Cl. The molecule has 0 radical (unpaired) electrons. The van der Waals surface area contributed by atoms with Gasteiger partial charge in [-0.2, -0.15) is 0 Å². The smallest absolute Gasteiger partial charge is 0.195 e. The van der Waals surface area contributed by atoms with Crippen molar-refractivity contribution in [3.8, 4) is 11.5 Å². The van der Waals surface area contributed by atoms with Crippen molar-refractivity contribution in [3.63, 3.8) is 0 Å². The summed E-state index contributed by atoms with van der Waals surface area (Å²) in [7, 11) is 3.21. The van der Waals surface area contributed by atoms with Crippen LogP contribution < -0.4 is 25.8 Å². The molecule has 5 N–H and O–H groups in total. The van der Waals surface area contributed by atoms with Crippen LogP contribution in [0.3, 0.4) is 0 Å². The molecule has 0 aliphatic heterocycles. The second-order valence-electron chi connectivity index (χ2n) is 4.34. The highest BCUT2D eigenvalue weighted by Crippen LogP contribution is 2.27. The zero-order valence-electron chi connectivity index (χ0n) is 12.9. The normalized spacial score (nSPS) is 9.70. The number of thiazole rings is 1. The van der Waals surface area contributed by atoms with E-state index < -0.39 is 0 Å². The molecule has 0 amide bonds. The Morgan fingerprint density at radius 1 is 1.30 bits per heavy atom. The number of guanidine groups is 1. The number of methoxy groups -OCH3 is 2. The molecule has 0 spiro atoms. The van der Waals surface area contributed by atoms with E-state index in [1.807, 2.05) is 23.6 Å².